The number of likely N-dealkylation sites (tertiary alicyclic amines) is 1. The number of amides is 1. The molecule has 4 heterocycles. The predicted octanol–water partition coefficient (Wildman–Crippen LogP) is 3.35. The first-order valence-electron chi connectivity index (χ1n) is 10.2. The van der Waals surface area contributed by atoms with Crippen molar-refractivity contribution in [2.75, 3.05) is 26.2 Å². The second kappa shape index (κ2) is 8.35. The lowest BCUT2D eigenvalue weighted by Gasteiger charge is -2.38. The molecule has 0 N–H and O–H groups in total. The van der Waals surface area contributed by atoms with E-state index in [1.54, 1.807) is 11.3 Å². The van der Waals surface area contributed by atoms with Crippen LogP contribution in [0.1, 0.15) is 38.1 Å². The van der Waals surface area contributed by atoms with Gasteiger partial charge in [0, 0.05) is 32.2 Å². The first-order valence-corrected chi connectivity index (χ1v) is 11.0. The molecule has 0 aliphatic carbocycles. The number of aryl methyl sites for hydroxylation is 1. The third kappa shape index (κ3) is 4.31. The molecule has 0 bridgehead atoms. The van der Waals surface area contributed by atoms with E-state index in [4.69, 9.17) is 9.15 Å². The van der Waals surface area contributed by atoms with Crippen LogP contribution in [0.2, 0.25) is 0 Å². The van der Waals surface area contributed by atoms with Gasteiger partial charge in [-0.1, -0.05) is 6.07 Å². The van der Waals surface area contributed by atoms with Gasteiger partial charge in [0.15, 0.2) is 0 Å². The van der Waals surface area contributed by atoms with Gasteiger partial charge in [-0.3, -0.25) is 9.69 Å². The number of aromatic nitrogens is 1. The Hall–Kier alpha value is -1.70. The minimum Gasteiger partial charge on any atom is -0.440 e. The molecule has 28 heavy (non-hydrogen) atoms. The number of ether oxygens (including phenoxy) is 1. The third-order valence-electron chi connectivity index (χ3n) is 5.60. The fraction of sp³-hybridized carbons (Fsp3) is 0.619. The molecule has 3 unspecified atom stereocenters. The Kier molecular flexibility index (Phi) is 5.85. The number of morpholine rings is 1. The van der Waals surface area contributed by atoms with Crippen LogP contribution < -0.4 is 0 Å². The summed E-state index contributed by atoms with van der Waals surface area (Å²) in [7, 11) is 0. The number of hydrogen-bond donors (Lipinski definition) is 0. The van der Waals surface area contributed by atoms with E-state index in [1.165, 1.54) is 0 Å². The van der Waals surface area contributed by atoms with Crippen molar-refractivity contribution >= 4 is 17.2 Å². The summed E-state index contributed by atoms with van der Waals surface area (Å²) < 4.78 is 11.6. The molecule has 4 rings (SSSR count). The minimum atomic E-state index is 0.158. The van der Waals surface area contributed by atoms with Crippen LogP contribution in [0.15, 0.2) is 21.9 Å². The molecule has 2 fully saturated rings. The molecule has 2 saturated heterocycles. The Balaban J connectivity index is 1.40. The number of nitrogens with zero attached hydrogens (tertiary/aromatic N) is 3. The van der Waals surface area contributed by atoms with E-state index < -0.39 is 0 Å². The molecule has 2 aliphatic rings. The van der Waals surface area contributed by atoms with Crippen LogP contribution in [0.4, 0.5) is 0 Å². The predicted molar refractivity (Wildman–Crippen MR) is 109 cm³/mol. The van der Waals surface area contributed by atoms with Crippen molar-refractivity contribution in [2.24, 2.45) is 0 Å². The van der Waals surface area contributed by atoms with Gasteiger partial charge in [-0.15, -0.1) is 11.3 Å². The van der Waals surface area contributed by atoms with Gasteiger partial charge >= 0.3 is 0 Å². The second-order valence-electron chi connectivity index (χ2n) is 8.04. The van der Waals surface area contributed by atoms with Crippen molar-refractivity contribution in [3.63, 3.8) is 0 Å². The smallest absolute Gasteiger partial charge is 0.236 e. The molecule has 2 aliphatic heterocycles. The maximum Gasteiger partial charge on any atom is 0.236 e. The number of carbonyl (C=O) groups is 1. The zero-order valence-corrected chi connectivity index (χ0v) is 17.7. The first kappa shape index (κ1) is 19.6. The summed E-state index contributed by atoms with van der Waals surface area (Å²) >= 11 is 1.60. The van der Waals surface area contributed by atoms with E-state index in [2.05, 4.69) is 28.6 Å². The number of carbonyl (C=O) groups excluding carboxylic acids is 1. The van der Waals surface area contributed by atoms with Crippen molar-refractivity contribution < 1.29 is 13.9 Å². The van der Waals surface area contributed by atoms with Gasteiger partial charge in [0.2, 0.25) is 11.8 Å². The quantitative estimate of drug-likeness (QED) is 0.766. The molecule has 0 saturated carbocycles. The summed E-state index contributed by atoms with van der Waals surface area (Å²) in [4.78, 5) is 23.1. The molecule has 6 nitrogen and oxygen atoms in total. The molecule has 3 atom stereocenters. The van der Waals surface area contributed by atoms with E-state index in [-0.39, 0.29) is 24.2 Å². The zero-order valence-electron chi connectivity index (χ0n) is 16.9. The van der Waals surface area contributed by atoms with Crippen LogP contribution in [0.25, 0.3) is 10.8 Å². The molecule has 0 spiro atoms. The van der Waals surface area contributed by atoms with E-state index in [1.807, 2.05) is 24.4 Å². The van der Waals surface area contributed by atoms with Crippen molar-refractivity contribution in [1.29, 1.82) is 0 Å². The van der Waals surface area contributed by atoms with Crippen molar-refractivity contribution in [3.05, 3.63) is 29.0 Å². The number of hydrogen-bond acceptors (Lipinski definition) is 6. The molecule has 2 aromatic rings. The highest BCUT2D eigenvalue weighted by atomic mass is 32.1. The Morgan fingerprint density at radius 2 is 2.11 bits per heavy atom. The van der Waals surface area contributed by atoms with E-state index in [9.17, 15) is 4.79 Å². The lowest BCUT2D eigenvalue weighted by molar-refractivity contribution is -0.132. The number of oxazole rings is 1. The average molecular weight is 404 g/mol. The summed E-state index contributed by atoms with van der Waals surface area (Å²) in [5, 5.41) is 2.00. The summed E-state index contributed by atoms with van der Waals surface area (Å²) in [5.74, 6) is 1.51. The SMILES string of the molecule is Cc1oc(-c2cccs2)nc1CC(=O)N1CCCC1CN1CC(C)OC(C)C1. The van der Waals surface area contributed by atoms with Crippen LogP contribution in [0, 0.1) is 6.92 Å². The lowest BCUT2D eigenvalue weighted by atomic mass is 10.1. The number of rotatable bonds is 5. The largest absolute Gasteiger partial charge is 0.440 e. The van der Waals surface area contributed by atoms with Crippen molar-refractivity contribution in [3.8, 4) is 10.8 Å². The highest BCUT2D eigenvalue weighted by Crippen LogP contribution is 2.27. The van der Waals surface area contributed by atoms with Gasteiger partial charge in [-0.25, -0.2) is 4.98 Å². The van der Waals surface area contributed by atoms with Crippen molar-refractivity contribution in [1.82, 2.24) is 14.8 Å². The first-order chi connectivity index (χ1) is 13.5. The van der Waals surface area contributed by atoms with Gasteiger partial charge < -0.3 is 14.1 Å². The third-order valence-corrected chi connectivity index (χ3v) is 6.46. The van der Waals surface area contributed by atoms with E-state index in [0.717, 1.165) is 55.4 Å². The standard InChI is InChI=1S/C21H29N3O3S/c1-14-11-23(12-15(2)26-14)13-17-6-4-8-24(17)20(25)10-18-16(3)27-21(22-18)19-7-5-9-28-19/h5,7,9,14-15,17H,4,6,8,10-13H2,1-3H3. The average Bonchev–Trinajstić information content (AvgIpc) is 3.36. The van der Waals surface area contributed by atoms with Crippen LogP contribution in [0.5, 0.6) is 0 Å². The van der Waals surface area contributed by atoms with Gasteiger partial charge in [0.1, 0.15) is 5.76 Å². The van der Waals surface area contributed by atoms with Crippen molar-refractivity contribution in [2.45, 2.75) is 58.3 Å². The second-order valence-corrected chi connectivity index (χ2v) is 8.98. The topological polar surface area (TPSA) is 58.8 Å². The highest BCUT2D eigenvalue weighted by molar-refractivity contribution is 7.13. The molecular weight excluding hydrogens is 374 g/mol. The molecule has 0 radical (unpaired) electrons. The minimum absolute atomic E-state index is 0.158. The lowest BCUT2D eigenvalue weighted by Crippen LogP contribution is -2.51. The molecule has 0 aromatic carbocycles. The van der Waals surface area contributed by atoms with Gasteiger partial charge in [-0.2, -0.15) is 0 Å². The number of thiophene rings is 1. The van der Waals surface area contributed by atoms with Gasteiger partial charge in [0.05, 0.1) is 29.2 Å². The van der Waals surface area contributed by atoms with E-state index in [0.29, 0.717) is 12.3 Å². The molecule has 152 valence electrons. The summed E-state index contributed by atoms with van der Waals surface area (Å²) in [6.45, 7) is 9.79. The summed E-state index contributed by atoms with van der Waals surface area (Å²) in [6.07, 6.45) is 2.96. The van der Waals surface area contributed by atoms with Gasteiger partial charge in [0.25, 0.3) is 0 Å². The zero-order chi connectivity index (χ0) is 19.7. The van der Waals surface area contributed by atoms with Crippen LogP contribution >= 0.6 is 11.3 Å². The van der Waals surface area contributed by atoms with E-state index >= 15 is 0 Å². The summed E-state index contributed by atoms with van der Waals surface area (Å²) in [5.41, 5.74) is 0.757. The Labute approximate surface area is 170 Å². The van der Waals surface area contributed by atoms with Gasteiger partial charge in [-0.05, 0) is 45.1 Å². The Bertz CT molecular complexity index is 794. The fourth-order valence-electron chi connectivity index (χ4n) is 4.43. The molecule has 7 heteroatoms. The molecule has 1 amide bonds. The highest BCUT2D eigenvalue weighted by Gasteiger charge is 2.33. The normalized spacial score (nSPS) is 26.1. The Morgan fingerprint density at radius 1 is 1.32 bits per heavy atom. The fourth-order valence-corrected chi connectivity index (χ4v) is 5.08. The molecular formula is C21H29N3O3S. The van der Waals surface area contributed by atoms with Crippen LogP contribution in [0.3, 0.4) is 0 Å². The maximum absolute atomic E-state index is 13.0. The molecule has 2 aromatic heterocycles. The monoisotopic (exact) mass is 403 g/mol. The maximum atomic E-state index is 13.0. The van der Waals surface area contributed by atoms with Crippen LogP contribution in [-0.4, -0.2) is 65.1 Å². The Morgan fingerprint density at radius 3 is 2.82 bits per heavy atom. The summed E-state index contributed by atoms with van der Waals surface area (Å²) in [6, 6.07) is 4.25. The van der Waals surface area contributed by atoms with Crippen LogP contribution in [-0.2, 0) is 16.0 Å².